The van der Waals surface area contributed by atoms with Crippen molar-refractivity contribution in [3.05, 3.63) is 23.8 Å². The van der Waals surface area contributed by atoms with Crippen LogP contribution in [0.4, 0.5) is 0 Å². The van der Waals surface area contributed by atoms with Gasteiger partial charge in [-0.2, -0.15) is 0 Å². The summed E-state index contributed by atoms with van der Waals surface area (Å²) in [5.74, 6) is 1.60. The summed E-state index contributed by atoms with van der Waals surface area (Å²) in [6.07, 6.45) is 3.54. The van der Waals surface area contributed by atoms with Crippen molar-refractivity contribution in [2.45, 2.75) is 31.7 Å². The molecular weight excluding hydrogens is 214 g/mol. The fourth-order valence-corrected chi connectivity index (χ4v) is 2.55. The van der Waals surface area contributed by atoms with Gasteiger partial charge >= 0.3 is 0 Å². The molecule has 0 aliphatic carbocycles. The number of rotatable bonds is 4. The Labute approximate surface area is 103 Å². The van der Waals surface area contributed by atoms with Gasteiger partial charge < -0.3 is 14.8 Å². The average Bonchev–Trinajstić information content (AvgIpc) is 2.75. The smallest absolute Gasteiger partial charge is 0.160 e. The van der Waals surface area contributed by atoms with Gasteiger partial charge in [0.25, 0.3) is 0 Å². The highest BCUT2D eigenvalue weighted by molar-refractivity contribution is 5.43. The molecule has 1 atom stereocenters. The molecule has 1 heterocycles. The Morgan fingerprint density at radius 2 is 2.00 bits per heavy atom. The molecule has 1 aliphatic heterocycles. The molecule has 2 rings (SSSR count). The van der Waals surface area contributed by atoms with Gasteiger partial charge in [0.05, 0.1) is 14.2 Å². The van der Waals surface area contributed by atoms with Crippen LogP contribution in [0.25, 0.3) is 0 Å². The normalized spacial score (nSPS) is 23.7. The summed E-state index contributed by atoms with van der Waals surface area (Å²) in [7, 11) is 3.34. The van der Waals surface area contributed by atoms with Crippen LogP contribution in [0.3, 0.4) is 0 Å². The van der Waals surface area contributed by atoms with Crippen molar-refractivity contribution >= 4 is 0 Å². The Hall–Kier alpha value is -1.22. The van der Waals surface area contributed by atoms with E-state index in [1.165, 1.54) is 18.4 Å². The van der Waals surface area contributed by atoms with E-state index < -0.39 is 0 Å². The maximum atomic E-state index is 5.33. The zero-order valence-corrected chi connectivity index (χ0v) is 10.9. The van der Waals surface area contributed by atoms with Crippen molar-refractivity contribution in [1.82, 2.24) is 5.32 Å². The third-order valence-corrected chi connectivity index (χ3v) is 3.50. The zero-order valence-electron chi connectivity index (χ0n) is 10.9. The minimum absolute atomic E-state index is 0.236. The number of benzene rings is 1. The standard InChI is InChI=1S/C14H21NO2/c1-14(7-4-8-15-14)10-11-5-6-12(16-2)13(9-11)17-3/h5-6,9,15H,4,7-8,10H2,1-3H3. The topological polar surface area (TPSA) is 30.5 Å². The lowest BCUT2D eigenvalue weighted by Crippen LogP contribution is -2.38. The highest BCUT2D eigenvalue weighted by Crippen LogP contribution is 2.30. The van der Waals surface area contributed by atoms with Crippen molar-refractivity contribution in [2.24, 2.45) is 0 Å². The van der Waals surface area contributed by atoms with E-state index >= 15 is 0 Å². The molecule has 0 aromatic heterocycles. The molecule has 1 N–H and O–H groups in total. The summed E-state index contributed by atoms with van der Waals surface area (Å²) in [6, 6.07) is 6.17. The molecule has 1 aromatic carbocycles. The van der Waals surface area contributed by atoms with Gasteiger partial charge in [-0.1, -0.05) is 6.07 Å². The lowest BCUT2D eigenvalue weighted by atomic mass is 9.91. The zero-order chi connectivity index (χ0) is 12.3. The van der Waals surface area contributed by atoms with Crippen molar-refractivity contribution < 1.29 is 9.47 Å². The molecule has 0 spiro atoms. The van der Waals surface area contributed by atoms with E-state index in [0.717, 1.165) is 24.5 Å². The van der Waals surface area contributed by atoms with E-state index in [9.17, 15) is 0 Å². The Morgan fingerprint density at radius 1 is 1.24 bits per heavy atom. The summed E-state index contributed by atoms with van der Waals surface area (Å²) < 4.78 is 10.6. The first-order valence-electron chi connectivity index (χ1n) is 6.13. The van der Waals surface area contributed by atoms with Gasteiger partial charge in [-0.15, -0.1) is 0 Å². The molecule has 0 bridgehead atoms. The van der Waals surface area contributed by atoms with Crippen molar-refractivity contribution in [2.75, 3.05) is 20.8 Å². The number of hydrogen-bond acceptors (Lipinski definition) is 3. The maximum Gasteiger partial charge on any atom is 0.160 e. The lowest BCUT2D eigenvalue weighted by molar-refractivity contribution is 0.353. The SMILES string of the molecule is COc1ccc(CC2(C)CCCN2)cc1OC. The second-order valence-corrected chi connectivity index (χ2v) is 4.96. The molecule has 1 aromatic rings. The van der Waals surface area contributed by atoms with E-state index in [4.69, 9.17) is 9.47 Å². The monoisotopic (exact) mass is 235 g/mol. The van der Waals surface area contributed by atoms with E-state index in [1.807, 2.05) is 6.07 Å². The number of methoxy groups -OCH3 is 2. The number of nitrogens with one attached hydrogen (secondary N) is 1. The quantitative estimate of drug-likeness (QED) is 0.869. The van der Waals surface area contributed by atoms with Gasteiger partial charge in [0, 0.05) is 5.54 Å². The van der Waals surface area contributed by atoms with Gasteiger partial charge in [0.1, 0.15) is 0 Å². The van der Waals surface area contributed by atoms with Crippen LogP contribution in [-0.4, -0.2) is 26.3 Å². The highest BCUT2D eigenvalue weighted by atomic mass is 16.5. The second-order valence-electron chi connectivity index (χ2n) is 4.96. The average molecular weight is 235 g/mol. The predicted octanol–water partition coefficient (Wildman–Crippen LogP) is 2.39. The first-order chi connectivity index (χ1) is 8.17. The Morgan fingerprint density at radius 3 is 2.59 bits per heavy atom. The summed E-state index contributed by atoms with van der Waals surface area (Å²) in [4.78, 5) is 0. The summed E-state index contributed by atoms with van der Waals surface area (Å²) >= 11 is 0. The van der Waals surface area contributed by atoms with Crippen LogP contribution in [-0.2, 0) is 6.42 Å². The van der Waals surface area contributed by atoms with E-state index in [-0.39, 0.29) is 5.54 Å². The van der Waals surface area contributed by atoms with Crippen LogP contribution in [0.15, 0.2) is 18.2 Å². The van der Waals surface area contributed by atoms with Crippen LogP contribution in [0.1, 0.15) is 25.3 Å². The van der Waals surface area contributed by atoms with E-state index in [1.54, 1.807) is 14.2 Å². The molecule has 17 heavy (non-hydrogen) atoms. The molecule has 1 fully saturated rings. The summed E-state index contributed by atoms with van der Waals surface area (Å²) in [5.41, 5.74) is 1.53. The van der Waals surface area contributed by atoms with Gasteiger partial charge in [-0.3, -0.25) is 0 Å². The van der Waals surface area contributed by atoms with Gasteiger partial charge in [-0.25, -0.2) is 0 Å². The van der Waals surface area contributed by atoms with Crippen LogP contribution < -0.4 is 14.8 Å². The molecule has 0 amide bonds. The maximum absolute atomic E-state index is 5.33. The number of ether oxygens (including phenoxy) is 2. The molecular formula is C14H21NO2. The number of hydrogen-bond donors (Lipinski definition) is 1. The fraction of sp³-hybridized carbons (Fsp3) is 0.571. The van der Waals surface area contributed by atoms with Crippen LogP contribution in [0.2, 0.25) is 0 Å². The Balaban J connectivity index is 2.16. The minimum atomic E-state index is 0.236. The van der Waals surface area contributed by atoms with E-state index in [0.29, 0.717) is 0 Å². The highest BCUT2D eigenvalue weighted by Gasteiger charge is 2.28. The van der Waals surface area contributed by atoms with Crippen molar-refractivity contribution in [3.8, 4) is 11.5 Å². The lowest BCUT2D eigenvalue weighted by Gasteiger charge is -2.24. The first kappa shape index (κ1) is 12.2. The third kappa shape index (κ3) is 2.72. The second kappa shape index (κ2) is 4.96. The Bertz CT molecular complexity index is 384. The van der Waals surface area contributed by atoms with Gasteiger partial charge in [0.2, 0.25) is 0 Å². The largest absolute Gasteiger partial charge is 0.493 e. The molecule has 0 radical (unpaired) electrons. The fourth-order valence-electron chi connectivity index (χ4n) is 2.55. The van der Waals surface area contributed by atoms with Gasteiger partial charge in [-0.05, 0) is 50.4 Å². The van der Waals surface area contributed by atoms with Crippen LogP contribution >= 0.6 is 0 Å². The molecule has 3 nitrogen and oxygen atoms in total. The molecule has 3 heteroatoms. The van der Waals surface area contributed by atoms with Crippen LogP contribution in [0, 0.1) is 0 Å². The third-order valence-electron chi connectivity index (χ3n) is 3.50. The minimum Gasteiger partial charge on any atom is -0.493 e. The van der Waals surface area contributed by atoms with Crippen LogP contribution in [0.5, 0.6) is 11.5 Å². The van der Waals surface area contributed by atoms with Crippen molar-refractivity contribution in [1.29, 1.82) is 0 Å². The summed E-state index contributed by atoms with van der Waals surface area (Å²) in [5, 5.41) is 3.58. The predicted molar refractivity (Wildman–Crippen MR) is 68.9 cm³/mol. The Kier molecular flexibility index (Phi) is 3.57. The molecule has 1 aliphatic rings. The molecule has 0 saturated carbocycles. The first-order valence-corrected chi connectivity index (χ1v) is 6.13. The summed E-state index contributed by atoms with van der Waals surface area (Å²) in [6.45, 7) is 3.42. The van der Waals surface area contributed by atoms with E-state index in [2.05, 4.69) is 24.4 Å². The van der Waals surface area contributed by atoms with Crippen molar-refractivity contribution in [3.63, 3.8) is 0 Å². The molecule has 1 saturated heterocycles. The molecule has 1 unspecified atom stereocenters. The van der Waals surface area contributed by atoms with Gasteiger partial charge in [0.15, 0.2) is 11.5 Å². The molecule has 94 valence electrons.